The summed E-state index contributed by atoms with van der Waals surface area (Å²) < 4.78 is 25.5. The van der Waals surface area contributed by atoms with Crippen LogP contribution in [-0.4, -0.2) is 49.6 Å². The lowest BCUT2D eigenvalue weighted by atomic mass is 9.53. The lowest BCUT2D eigenvalue weighted by Crippen LogP contribution is -2.67. The average molecular weight is 476 g/mol. The van der Waals surface area contributed by atoms with E-state index in [0.717, 1.165) is 43.4 Å². The molecule has 7 rings (SSSR count). The third-order valence-electron chi connectivity index (χ3n) is 9.60. The topological polar surface area (TPSA) is 40.2 Å². The van der Waals surface area contributed by atoms with E-state index in [1.54, 1.807) is 0 Å². The van der Waals surface area contributed by atoms with Crippen molar-refractivity contribution in [2.75, 3.05) is 26.5 Å². The van der Waals surface area contributed by atoms with Gasteiger partial charge in [0.15, 0.2) is 11.5 Å². The van der Waals surface area contributed by atoms with Crippen molar-refractivity contribution in [1.29, 1.82) is 0 Å². The Hall–Kier alpha value is -2.08. The minimum Gasteiger partial charge on any atom is -0.485 e. The van der Waals surface area contributed by atoms with Crippen LogP contribution in [0, 0.1) is 24.7 Å². The molecule has 0 aromatic heterocycles. The zero-order valence-electron chi connectivity index (χ0n) is 20.9. The summed E-state index contributed by atoms with van der Waals surface area (Å²) in [6.45, 7) is 8.82. The Kier molecular flexibility index (Phi) is 5.38. The van der Waals surface area contributed by atoms with Gasteiger partial charge in [-0.05, 0) is 75.1 Å². The number of nitrogens with zero attached hydrogens (tertiary/aromatic N) is 1. The minimum absolute atomic E-state index is 0.0239. The molecule has 2 aromatic carbocycles. The van der Waals surface area contributed by atoms with Crippen LogP contribution in [0.2, 0.25) is 0 Å². The van der Waals surface area contributed by atoms with Crippen LogP contribution in [0.3, 0.4) is 0 Å². The average Bonchev–Trinajstić information content (AvgIpc) is 3.63. The summed E-state index contributed by atoms with van der Waals surface area (Å²) in [6, 6.07) is 15.3. The van der Waals surface area contributed by atoms with Crippen LogP contribution in [0.5, 0.6) is 11.5 Å². The molecule has 0 amide bonds. The highest BCUT2D eigenvalue weighted by molar-refractivity contribution is 5.59. The van der Waals surface area contributed by atoms with Gasteiger partial charge in [0.2, 0.25) is 0 Å². The largest absolute Gasteiger partial charge is 0.485 e. The van der Waals surface area contributed by atoms with Gasteiger partial charge < -0.3 is 23.8 Å². The highest BCUT2D eigenvalue weighted by atomic mass is 16.7. The number of hydrogen-bond donors (Lipinski definition) is 0. The lowest BCUT2D eigenvalue weighted by Gasteiger charge is -2.58. The second kappa shape index (κ2) is 8.50. The van der Waals surface area contributed by atoms with Gasteiger partial charge in [0.25, 0.3) is 0 Å². The molecule has 2 saturated carbocycles. The Balaban J connectivity index is 1.28. The van der Waals surface area contributed by atoms with E-state index in [2.05, 4.69) is 55.1 Å². The molecule has 3 aliphatic heterocycles. The second-order valence-electron chi connectivity index (χ2n) is 11.6. The molecule has 5 nitrogen and oxygen atoms in total. The first-order valence-corrected chi connectivity index (χ1v) is 13.6. The van der Waals surface area contributed by atoms with E-state index in [1.165, 1.54) is 36.1 Å². The van der Waals surface area contributed by atoms with Crippen LogP contribution in [0.4, 0.5) is 0 Å². The van der Waals surface area contributed by atoms with Crippen molar-refractivity contribution in [2.45, 2.75) is 69.8 Å². The Labute approximate surface area is 208 Å². The maximum Gasteiger partial charge on any atom is 0.165 e. The fourth-order valence-electron chi connectivity index (χ4n) is 7.72. The Morgan fingerprint density at radius 3 is 2.80 bits per heavy atom. The Morgan fingerprint density at radius 1 is 1.11 bits per heavy atom. The van der Waals surface area contributed by atoms with E-state index in [4.69, 9.17) is 18.9 Å². The van der Waals surface area contributed by atoms with Gasteiger partial charge in [-0.25, -0.2) is 0 Å². The van der Waals surface area contributed by atoms with Crippen LogP contribution in [0.25, 0.3) is 0 Å². The first-order chi connectivity index (χ1) is 17.1. The molecule has 0 bridgehead atoms. The molecule has 2 aliphatic carbocycles. The molecule has 0 radical (unpaired) electrons. The number of fused-ring (bicyclic) bond motifs is 3. The second-order valence-corrected chi connectivity index (χ2v) is 11.6. The fourth-order valence-corrected chi connectivity index (χ4v) is 7.72. The van der Waals surface area contributed by atoms with Gasteiger partial charge in [-0.15, -0.1) is 0 Å². The number of rotatable bonds is 5. The predicted octanol–water partition coefficient (Wildman–Crippen LogP) is 5.09. The number of aryl methyl sites for hydroxylation is 1. The fraction of sp³-hybridized carbons (Fsp3) is 0.600. The van der Waals surface area contributed by atoms with E-state index < -0.39 is 0 Å². The zero-order chi connectivity index (χ0) is 23.6. The Bertz CT molecular complexity index is 1090. The molecule has 186 valence electrons. The standard InChI is InChI=1S/C30H37NO4/c1-19-8-11-25(33-16-22-6-4-3-5-7-22)28-26(19)30-12-13-31(15-21-9-10-21)20(2)24(30)14-23-17-32-18-34-27(23)29(30)35-28/h3-8,11,20-21,23-24,27,29H,9-10,12-18H2,1-2H3/t20?,23?,24?,27?,29-,30?/m0/s1. The maximum absolute atomic E-state index is 6.99. The van der Waals surface area contributed by atoms with E-state index >= 15 is 0 Å². The molecule has 35 heavy (non-hydrogen) atoms. The van der Waals surface area contributed by atoms with E-state index in [9.17, 15) is 0 Å². The van der Waals surface area contributed by atoms with Gasteiger partial charge in [-0.2, -0.15) is 0 Å². The quantitative estimate of drug-likeness (QED) is 0.603. The third kappa shape index (κ3) is 3.53. The van der Waals surface area contributed by atoms with Crippen LogP contribution >= 0.6 is 0 Å². The minimum atomic E-state index is -0.0243. The number of ether oxygens (including phenoxy) is 4. The molecule has 6 atom stereocenters. The van der Waals surface area contributed by atoms with Crippen molar-refractivity contribution in [3.8, 4) is 11.5 Å². The molecular formula is C30H37NO4. The van der Waals surface area contributed by atoms with Crippen molar-refractivity contribution in [1.82, 2.24) is 4.90 Å². The van der Waals surface area contributed by atoms with Crippen molar-refractivity contribution < 1.29 is 18.9 Å². The summed E-state index contributed by atoms with van der Waals surface area (Å²) in [6.07, 6.45) is 5.18. The smallest absolute Gasteiger partial charge is 0.165 e. The Morgan fingerprint density at radius 2 is 1.97 bits per heavy atom. The summed E-state index contributed by atoms with van der Waals surface area (Å²) in [4.78, 5) is 2.78. The SMILES string of the molecule is Cc1ccc(OCc2ccccc2)c2c1C13CCN(CC4CC4)C(C)C1CC1COCOC1[C@@H]3O2. The molecule has 4 fully saturated rings. The first kappa shape index (κ1) is 22.1. The highest BCUT2D eigenvalue weighted by Crippen LogP contribution is 2.63. The van der Waals surface area contributed by atoms with Gasteiger partial charge in [0.05, 0.1) is 6.61 Å². The van der Waals surface area contributed by atoms with Crippen molar-refractivity contribution >= 4 is 0 Å². The van der Waals surface area contributed by atoms with Crippen LogP contribution in [0.1, 0.15) is 49.3 Å². The summed E-state index contributed by atoms with van der Waals surface area (Å²) in [5.74, 6) is 3.66. The summed E-state index contributed by atoms with van der Waals surface area (Å²) >= 11 is 0. The van der Waals surface area contributed by atoms with E-state index in [0.29, 0.717) is 31.3 Å². The monoisotopic (exact) mass is 475 g/mol. The van der Waals surface area contributed by atoms with Gasteiger partial charge in [0, 0.05) is 29.5 Å². The molecule has 2 saturated heterocycles. The molecule has 5 unspecified atom stereocenters. The van der Waals surface area contributed by atoms with Gasteiger partial charge in [0.1, 0.15) is 25.6 Å². The number of piperidine rings is 1. The highest BCUT2D eigenvalue weighted by Gasteiger charge is 2.66. The molecule has 5 heteroatoms. The van der Waals surface area contributed by atoms with Crippen molar-refractivity contribution in [3.05, 3.63) is 59.2 Å². The number of hydrogen-bond acceptors (Lipinski definition) is 5. The third-order valence-corrected chi connectivity index (χ3v) is 9.60. The van der Waals surface area contributed by atoms with E-state index in [1.807, 2.05) is 6.07 Å². The molecule has 1 spiro atoms. The zero-order valence-corrected chi connectivity index (χ0v) is 20.9. The van der Waals surface area contributed by atoms with Crippen LogP contribution in [-0.2, 0) is 21.5 Å². The van der Waals surface area contributed by atoms with Gasteiger partial charge in [-0.3, -0.25) is 0 Å². The van der Waals surface area contributed by atoms with Gasteiger partial charge >= 0.3 is 0 Å². The first-order valence-electron chi connectivity index (χ1n) is 13.6. The number of benzene rings is 2. The molecule has 3 heterocycles. The van der Waals surface area contributed by atoms with Crippen molar-refractivity contribution in [3.63, 3.8) is 0 Å². The van der Waals surface area contributed by atoms with Crippen LogP contribution < -0.4 is 9.47 Å². The van der Waals surface area contributed by atoms with Gasteiger partial charge in [-0.1, -0.05) is 36.4 Å². The molecule has 0 N–H and O–H groups in total. The summed E-state index contributed by atoms with van der Waals surface area (Å²) in [7, 11) is 0. The van der Waals surface area contributed by atoms with Crippen LogP contribution in [0.15, 0.2) is 42.5 Å². The predicted molar refractivity (Wildman–Crippen MR) is 134 cm³/mol. The molecule has 5 aliphatic rings. The lowest BCUT2D eigenvalue weighted by molar-refractivity contribution is -0.233. The number of likely N-dealkylation sites (tertiary alicyclic amines) is 1. The molecular weight excluding hydrogens is 438 g/mol. The summed E-state index contributed by atoms with van der Waals surface area (Å²) in [5, 5.41) is 0. The normalized spacial score (nSPS) is 35.9. The van der Waals surface area contributed by atoms with Crippen molar-refractivity contribution in [2.24, 2.45) is 17.8 Å². The van der Waals surface area contributed by atoms with E-state index in [-0.39, 0.29) is 17.6 Å². The molecule has 2 aromatic rings. The summed E-state index contributed by atoms with van der Waals surface area (Å²) in [5.41, 5.74) is 3.87. The maximum atomic E-state index is 6.99.